The van der Waals surface area contributed by atoms with Crippen molar-refractivity contribution in [3.63, 3.8) is 0 Å². The molecule has 2 heterocycles. The molecule has 6 rings (SSSR count). The van der Waals surface area contributed by atoms with Crippen molar-refractivity contribution >= 4 is 51.5 Å². The molecule has 1 saturated heterocycles. The van der Waals surface area contributed by atoms with Crippen molar-refractivity contribution in [3.8, 4) is 0 Å². The van der Waals surface area contributed by atoms with Crippen LogP contribution in [0.25, 0.3) is 10.8 Å². The summed E-state index contributed by atoms with van der Waals surface area (Å²) in [5, 5.41) is 5.57. The first-order chi connectivity index (χ1) is 18.0. The van der Waals surface area contributed by atoms with E-state index in [2.05, 4.69) is 5.32 Å². The molecule has 0 spiro atoms. The van der Waals surface area contributed by atoms with Crippen LogP contribution in [-0.4, -0.2) is 41.8 Å². The summed E-state index contributed by atoms with van der Waals surface area (Å²) < 4.78 is 0. The number of nitrogens with zero attached hydrogens (tertiary/aromatic N) is 2. The number of carbonyl (C=O) groups is 3. The van der Waals surface area contributed by atoms with Gasteiger partial charge in [0.1, 0.15) is 0 Å². The monoisotopic (exact) mass is 509 g/mol. The lowest BCUT2D eigenvalue weighted by molar-refractivity contribution is 0.0718. The average Bonchev–Trinajstić information content (AvgIpc) is 2.93. The van der Waals surface area contributed by atoms with Crippen molar-refractivity contribution in [3.05, 3.63) is 107 Å². The number of halogens is 1. The van der Waals surface area contributed by atoms with Crippen LogP contribution < -0.4 is 10.2 Å². The number of hydrogen-bond acceptors (Lipinski definition) is 4. The second-order valence-corrected chi connectivity index (χ2v) is 9.83. The standard InChI is InChI=1S/C30H24ClN3O3/c31-20-8-4-9-22(18-20)34-29(36)24-11-5-10-23-26(13-12-25(27(23)24)30(34)37)32-21-14-16-33(17-15-21)28(35)19-6-2-1-3-7-19/h1-13,18,21,32H,14-17H2. The first kappa shape index (κ1) is 23.3. The number of piperidine rings is 1. The Bertz CT molecular complexity index is 1520. The smallest absolute Gasteiger partial charge is 0.265 e. The molecule has 1 fully saturated rings. The van der Waals surface area contributed by atoms with Gasteiger partial charge in [-0.1, -0.05) is 48.0 Å². The average molecular weight is 510 g/mol. The molecule has 0 bridgehead atoms. The van der Waals surface area contributed by atoms with Crippen LogP contribution in [0.15, 0.2) is 84.9 Å². The van der Waals surface area contributed by atoms with Gasteiger partial charge >= 0.3 is 0 Å². The topological polar surface area (TPSA) is 69.7 Å². The van der Waals surface area contributed by atoms with Crippen LogP contribution in [0.5, 0.6) is 0 Å². The first-order valence-electron chi connectivity index (χ1n) is 12.3. The number of amides is 3. The highest BCUT2D eigenvalue weighted by molar-refractivity contribution is 6.37. The molecular weight excluding hydrogens is 486 g/mol. The quantitative estimate of drug-likeness (QED) is 0.342. The number of imide groups is 1. The van der Waals surface area contributed by atoms with Gasteiger partial charge in [0.25, 0.3) is 17.7 Å². The SMILES string of the molecule is O=C(c1ccccc1)N1CCC(Nc2ccc3c4c(cccc24)C(=O)N(c2cccc(Cl)c2)C3=O)CC1. The molecule has 6 nitrogen and oxygen atoms in total. The molecule has 2 aliphatic rings. The van der Waals surface area contributed by atoms with E-state index in [-0.39, 0.29) is 23.8 Å². The lowest BCUT2D eigenvalue weighted by atomic mass is 9.92. The molecular formula is C30H24ClN3O3. The molecule has 0 unspecified atom stereocenters. The minimum absolute atomic E-state index is 0.0573. The Morgan fingerprint density at radius 1 is 0.811 bits per heavy atom. The molecule has 0 aliphatic carbocycles. The summed E-state index contributed by atoms with van der Waals surface area (Å²) >= 11 is 6.13. The molecule has 0 radical (unpaired) electrons. The van der Waals surface area contributed by atoms with E-state index in [0.717, 1.165) is 23.9 Å². The van der Waals surface area contributed by atoms with Crippen LogP contribution >= 0.6 is 11.6 Å². The van der Waals surface area contributed by atoms with Crippen LogP contribution in [0.4, 0.5) is 11.4 Å². The van der Waals surface area contributed by atoms with Crippen molar-refractivity contribution in [2.24, 2.45) is 0 Å². The predicted molar refractivity (Wildman–Crippen MR) is 146 cm³/mol. The Hall–Kier alpha value is -4.16. The Kier molecular flexibility index (Phi) is 5.89. The molecule has 1 N–H and O–H groups in total. The largest absolute Gasteiger partial charge is 0.382 e. The minimum Gasteiger partial charge on any atom is -0.382 e. The number of likely N-dealkylation sites (tertiary alicyclic amines) is 1. The van der Waals surface area contributed by atoms with Gasteiger partial charge in [-0.25, -0.2) is 4.90 Å². The molecule has 184 valence electrons. The van der Waals surface area contributed by atoms with Gasteiger partial charge in [-0.3, -0.25) is 14.4 Å². The molecule has 4 aromatic rings. The fourth-order valence-electron chi connectivity index (χ4n) is 5.28. The van der Waals surface area contributed by atoms with Gasteiger partial charge in [0.2, 0.25) is 0 Å². The number of rotatable bonds is 4. The van der Waals surface area contributed by atoms with Gasteiger partial charge in [-0.05, 0) is 61.4 Å². The zero-order valence-corrected chi connectivity index (χ0v) is 20.7. The number of hydrogen-bond donors (Lipinski definition) is 1. The molecule has 0 saturated carbocycles. The van der Waals surface area contributed by atoms with E-state index in [4.69, 9.17) is 11.6 Å². The molecule has 7 heteroatoms. The van der Waals surface area contributed by atoms with Crippen LogP contribution in [0.3, 0.4) is 0 Å². The van der Waals surface area contributed by atoms with E-state index in [9.17, 15) is 14.4 Å². The minimum atomic E-state index is -0.366. The maximum atomic E-state index is 13.4. The highest BCUT2D eigenvalue weighted by Gasteiger charge is 2.35. The molecule has 0 aromatic heterocycles. The normalized spacial score (nSPS) is 15.8. The van der Waals surface area contributed by atoms with E-state index in [1.165, 1.54) is 4.90 Å². The Morgan fingerprint density at radius 3 is 2.24 bits per heavy atom. The number of nitrogens with one attached hydrogen (secondary N) is 1. The van der Waals surface area contributed by atoms with Crippen LogP contribution in [0.1, 0.15) is 43.9 Å². The molecule has 37 heavy (non-hydrogen) atoms. The number of anilines is 2. The van der Waals surface area contributed by atoms with Crippen LogP contribution in [0.2, 0.25) is 5.02 Å². The predicted octanol–water partition coefficient (Wildman–Crippen LogP) is 6.01. The fraction of sp³-hybridized carbons (Fsp3) is 0.167. The summed E-state index contributed by atoms with van der Waals surface area (Å²) in [6, 6.07) is 25.5. The zero-order valence-electron chi connectivity index (χ0n) is 20.0. The van der Waals surface area contributed by atoms with E-state index < -0.39 is 0 Å². The second-order valence-electron chi connectivity index (χ2n) is 9.39. The first-order valence-corrected chi connectivity index (χ1v) is 12.7. The van der Waals surface area contributed by atoms with Gasteiger partial charge in [0.15, 0.2) is 0 Å². The zero-order chi connectivity index (χ0) is 25.5. The van der Waals surface area contributed by atoms with Crippen molar-refractivity contribution in [1.29, 1.82) is 0 Å². The van der Waals surface area contributed by atoms with E-state index in [1.54, 1.807) is 36.4 Å². The lowest BCUT2D eigenvalue weighted by Crippen LogP contribution is -2.42. The van der Waals surface area contributed by atoms with Crippen molar-refractivity contribution < 1.29 is 14.4 Å². The molecule has 2 aliphatic heterocycles. The van der Waals surface area contributed by atoms with E-state index >= 15 is 0 Å². The fourth-order valence-corrected chi connectivity index (χ4v) is 5.47. The number of benzene rings is 4. The third kappa shape index (κ3) is 4.13. The summed E-state index contributed by atoms with van der Waals surface area (Å²) in [4.78, 5) is 42.8. The maximum absolute atomic E-state index is 13.4. The lowest BCUT2D eigenvalue weighted by Gasteiger charge is -2.33. The third-order valence-electron chi connectivity index (χ3n) is 7.14. The van der Waals surface area contributed by atoms with E-state index in [0.29, 0.717) is 45.9 Å². The molecule has 0 atom stereocenters. The highest BCUT2D eigenvalue weighted by atomic mass is 35.5. The maximum Gasteiger partial charge on any atom is 0.265 e. The summed E-state index contributed by atoms with van der Waals surface area (Å²) in [5.41, 5.74) is 3.01. The van der Waals surface area contributed by atoms with Gasteiger partial charge < -0.3 is 10.2 Å². The molecule has 3 amide bonds. The number of carbonyl (C=O) groups excluding carboxylic acids is 3. The highest BCUT2D eigenvalue weighted by Crippen LogP contribution is 2.37. The van der Waals surface area contributed by atoms with Crippen LogP contribution in [0, 0.1) is 0 Å². The van der Waals surface area contributed by atoms with Crippen LogP contribution in [-0.2, 0) is 0 Å². The van der Waals surface area contributed by atoms with Crippen molar-refractivity contribution in [2.45, 2.75) is 18.9 Å². The summed E-state index contributed by atoms with van der Waals surface area (Å²) in [7, 11) is 0. The summed E-state index contributed by atoms with van der Waals surface area (Å²) in [6.45, 7) is 1.33. The second kappa shape index (κ2) is 9.37. The van der Waals surface area contributed by atoms with Crippen molar-refractivity contribution in [1.82, 2.24) is 4.90 Å². The Balaban J connectivity index is 1.25. The third-order valence-corrected chi connectivity index (χ3v) is 7.37. The summed E-state index contributed by atoms with van der Waals surface area (Å²) in [5.74, 6) is -0.674. The van der Waals surface area contributed by atoms with Gasteiger partial charge in [0, 0.05) is 57.3 Å². The Morgan fingerprint density at radius 2 is 1.51 bits per heavy atom. The van der Waals surface area contributed by atoms with Gasteiger partial charge in [-0.15, -0.1) is 0 Å². The summed E-state index contributed by atoms with van der Waals surface area (Å²) in [6.07, 6.45) is 1.61. The Labute approximate surface area is 219 Å². The van der Waals surface area contributed by atoms with Gasteiger partial charge in [-0.2, -0.15) is 0 Å². The molecule has 4 aromatic carbocycles. The van der Waals surface area contributed by atoms with E-state index in [1.807, 2.05) is 53.4 Å². The van der Waals surface area contributed by atoms with Gasteiger partial charge in [0.05, 0.1) is 5.69 Å². The van der Waals surface area contributed by atoms with Crippen molar-refractivity contribution in [2.75, 3.05) is 23.3 Å².